The predicted molar refractivity (Wildman–Crippen MR) is 76.2 cm³/mol. The number of hydrogen-bond acceptors (Lipinski definition) is 3. The number of ether oxygens (including phenoxy) is 1. The van der Waals surface area contributed by atoms with Crippen LogP contribution in [0, 0.1) is 5.92 Å². The number of anilines is 1. The topological polar surface area (TPSA) is 38.5 Å². The minimum absolute atomic E-state index is 0.116. The number of rotatable bonds is 5. The van der Waals surface area contributed by atoms with Crippen LogP contribution in [0.2, 0.25) is 0 Å². The van der Waals surface area contributed by atoms with Crippen molar-refractivity contribution in [3.05, 3.63) is 24.3 Å². The van der Waals surface area contributed by atoms with Crippen molar-refractivity contribution in [2.24, 2.45) is 5.92 Å². The van der Waals surface area contributed by atoms with Crippen molar-refractivity contribution >= 4 is 5.69 Å². The third kappa shape index (κ3) is 5.12. The van der Waals surface area contributed by atoms with Gasteiger partial charge in [-0.2, -0.15) is 13.2 Å². The second kappa shape index (κ2) is 7.02. The van der Waals surface area contributed by atoms with Gasteiger partial charge >= 0.3 is 6.18 Å². The molecule has 21 heavy (non-hydrogen) atoms. The highest BCUT2D eigenvalue weighted by Crippen LogP contribution is 2.33. The molecule has 0 bridgehead atoms. The third-order valence-corrected chi connectivity index (χ3v) is 3.74. The van der Waals surface area contributed by atoms with Crippen LogP contribution in [0.15, 0.2) is 24.3 Å². The summed E-state index contributed by atoms with van der Waals surface area (Å²) in [6.45, 7) is 2.00. The molecule has 6 heteroatoms. The van der Waals surface area contributed by atoms with E-state index in [0.29, 0.717) is 25.3 Å². The molecular formula is C15H21F3N2O. The minimum atomic E-state index is -4.07. The summed E-state index contributed by atoms with van der Waals surface area (Å²) in [4.78, 5) is 1.88. The summed E-state index contributed by atoms with van der Waals surface area (Å²) >= 11 is 0. The zero-order valence-corrected chi connectivity index (χ0v) is 11.9. The van der Waals surface area contributed by atoms with E-state index in [-0.39, 0.29) is 13.0 Å². The van der Waals surface area contributed by atoms with Gasteiger partial charge in [-0.1, -0.05) is 0 Å². The van der Waals surface area contributed by atoms with E-state index in [2.05, 4.69) is 0 Å². The van der Waals surface area contributed by atoms with Gasteiger partial charge in [-0.15, -0.1) is 0 Å². The first-order valence-corrected chi connectivity index (χ1v) is 7.22. The molecule has 3 nitrogen and oxygen atoms in total. The van der Waals surface area contributed by atoms with Crippen molar-refractivity contribution in [1.82, 2.24) is 4.90 Å². The lowest BCUT2D eigenvalue weighted by Crippen LogP contribution is -2.42. The lowest BCUT2D eigenvalue weighted by Gasteiger charge is -2.33. The van der Waals surface area contributed by atoms with Crippen molar-refractivity contribution in [2.45, 2.75) is 25.4 Å². The van der Waals surface area contributed by atoms with Crippen LogP contribution in [-0.4, -0.2) is 37.3 Å². The Labute approximate surface area is 122 Å². The molecule has 0 spiro atoms. The number of nitrogens with two attached hydrogens (primary N) is 1. The number of benzene rings is 1. The van der Waals surface area contributed by atoms with Crippen LogP contribution in [0.5, 0.6) is 5.75 Å². The Morgan fingerprint density at radius 3 is 2.62 bits per heavy atom. The Morgan fingerprint density at radius 1 is 1.24 bits per heavy atom. The van der Waals surface area contributed by atoms with E-state index in [0.717, 1.165) is 18.7 Å². The fraction of sp³-hybridized carbons (Fsp3) is 0.600. The van der Waals surface area contributed by atoms with E-state index in [1.165, 1.54) is 0 Å². The van der Waals surface area contributed by atoms with Crippen molar-refractivity contribution in [2.75, 3.05) is 32.0 Å². The predicted octanol–water partition coefficient (Wildman–Crippen LogP) is 3.31. The summed E-state index contributed by atoms with van der Waals surface area (Å²) in [6.07, 6.45) is -2.49. The fourth-order valence-electron chi connectivity index (χ4n) is 2.57. The maximum absolute atomic E-state index is 12.7. The molecular weight excluding hydrogens is 281 g/mol. The summed E-state index contributed by atoms with van der Waals surface area (Å²) in [7, 11) is 0. The average Bonchev–Trinajstić information content (AvgIpc) is 2.45. The quantitative estimate of drug-likeness (QED) is 0.670. The van der Waals surface area contributed by atoms with Crippen LogP contribution in [0.25, 0.3) is 0 Å². The molecule has 1 aromatic rings. The molecule has 1 heterocycles. The highest BCUT2D eigenvalue weighted by molar-refractivity contribution is 5.41. The fourth-order valence-corrected chi connectivity index (χ4v) is 2.57. The first kappa shape index (κ1) is 15.9. The number of halogens is 3. The van der Waals surface area contributed by atoms with Crippen molar-refractivity contribution in [3.63, 3.8) is 0 Å². The number of alkyl halides is 3. The van der Waals surface area contributed by atoms with Gasteiger partial charge in [0.25, 0.3) is 0 Å². The Balaban J connectivity index is 1.67. The molecule has 2 rings (SSSR count). The smallest absolute Gasteiger partial charge is 0.393 e. The van der Waals surface area contributed by atoms with Crippen molar-refractivity contribution in [1.29, 1.82) is 0 Å². The second-order valence-electron chi connectivity index (χ2n) is 5.45. The SMILES string of the molecule is Nc1ccc(OCCCN2CCCC(C(F)(F)F)C2)cc1. The summed E-state index contributed by atoms with van der Waals surface area (Å²) in [5.41, 5.74) is 6.25. The van der Waals surface area contributed by atoms with Gasteiger partial charge in [0.1, 0.15) is 5.75 Å². The van der Waals surface area contributed by atoms with Gasteiger partial charge in [-0.05, 0) is 50.1 Å². The van der Waals surface area contributed by atoms with E-state index in [1.54, 1.807) is 24.3 Å². The molecule has 0 amide bonds. The zero-order valence-electron chi connectivity index (χ0n) is 11.9. The van der Waals surface area contributed by atoms with Crippen LogP contribution in [0.3, 0.4) is 0 Å². The van der Waals surface area contributed by atoms with Gasteiger partial charge in [0.15, 0.2) is 0 Å². The Morgan fingerprint density at radius 2 is 1.95 bits per heavy atom. The number of likely N-dealkylation sites (tertiary alicyclic amines) is 1. The lowest BCUT2D eigenvalue weighted by molar-refractivity contribution is -0.186. The number of piperidine rings is 1. The molecule has 1 aliphatic rings. The van der Waals surface area contributed by atoms with Gasteiger partial charge < -0.3 is 15.4 Å². The molecule has 2 N–H and O–H groups in total. The summed E-state index contributed by atoms with van der Waals surface area (Å²) in [6, 6.07) is 7.09. The van der Waals surface area contributed by atoms with Crippen molar-refractivity contribution in [3.8, 4) is 5.75 Å². The minimum Gasteiger partial charge on any atom is -0.494 e. The highest BCUT2D eigenvalue weighted by Gasteiger charge is 2.41. The first-order chi connectivity index (χ1) is 9.95. The second-order valence-corrected chi connectivity index (χ2v) is 5.45. The normalized spacial score (nSPS) is 20.4. The molecule has 1 aliphatic heterocycles. The molecule has 118 valence electrons. The Kier molecular flexibility index (Phi) is 5.33. The van der Waals surface area contributed by atoms with Gasteiger partial charge in [-0.25, -0.2) is 0 Å². The lowest BCUT2D eigenvalue weighted by atomic mass is 9.97. The monoisotopic (exact) mass is 302 g/mol. The van der Waals surface area contributed by atoms with Gasteiger partial charge in [0.05, 0.1) is 12.5 Å². The van der Waals surface area contributed by atoms with Gasteiger partial charge in [0, 0.05) is 18.8 Å². The van der Waals surface area contributed by atoms with E-state index >= 15 is 0 Å². The summed E-state index contributed by atoms with van der Waals surface area (Å²) in [5, 5.41) is 0. The third-order valence-electron chi connectivity index (χ3n) is 3.74. The highest BCUT2D eigenvalue weighted by atomic mass is 19.4. The number of nitrogen functional groups attached to an aromatic ring is 1. The summed E-state index contributed by atoms with van der Waals surface area (Å²) in [5.74, 6) is -0.444. The maximum atomic E-state index is 12.7. The average molecular weight is 302 g/mol. The first-order valence-electron chi connectivity index (χ1n) is 7.22. The van der Waals surface area contributed by atoms with E-state index in [1.807, 2.05) is 4.90 Å². The number of hydrogen-bond donors (Lipinski definition) is 1. The molecule has 0 radical (unpaired) electrons. The molecule has 1 saturated heterocycles. The van der Waals surface area contributed by atoms with Crippen molar-refractivity contribution < 1.29 is 17.9 Å². The number of nitrogens with zero attached hydrogens (tertiary/aromatic N) is 1. The van der Waals surface area contributed by atoms with Crippen LogP contribution in [0.4, 0.5) is 18.9 Å². The largest absolute Gasteiger partial charge is 0.494 e. The molecule has 1 fully saturated rings. The zero-order chi connectivity index (χ0) is 15.3. The molecule has 0 aliphatic carbocycles. The Bertz CT molecular complexity index is 434. The molecule has 1 aromatic carbocycles. The van der Waals surface area contributed by atoms with E-state index in [9.17, 15) is 13.2 Å². The molecule has 1 unspecified atom stereocenters. The molecule has 0 saturated carbocycles. The van der Waals surface area contributed by atoms with E-state index < -0.39 is 12.1 Å². The van der Waals surface area contributed by atoms with Gasteiger partial charge in [0.2, 0.25) is 0 Å². The van der Waals surface area contributed by atoms with Crippen LogP contribution < -0.4 is 10.5 Å². The Hall–Kier alpha value is -1.43. The molecule has 1 atom stereocenters. The summed E-state index contributed by atoms with van der Waals surface area (Å²) < 4.78 is 43.6. The van der Waals surface area contributed by atoms with Crippen LogP contribution in [-0.2, 0) is 0 Å². The molecule has 0 aromatic heterocycles. The van der Waals surface area contributed by atoms with Crippen LogP contribution >= 0.6 is 0 Å². The van der Waals surface area contributed by atoms with Crippen LogP contribution in [0.1, 0.15) is 19.3 Å². The van der Waals surface area contributed by atoms with Gasteiger partial charge in [-0.3, -0.25) is 0 Å². The maximum Gasteiger partial charge on any atom is 0.393 e. The standard InChI is InChI=1S/C15H21F3N2O/c16-15(17,18)12-3-1-8-20(11-12)9-2-10-21-14-6-4-13(19)5-7-14/h4-7,12H,1-3,8-11,19H2. The van der Waals surface area contributed by atoms with E-state index in [4.69, 9.17) is 10.5 Å².